The van der Waals surface area contributed by atoms with Crippen LogP contribution in [-0.2, 0) is 30.8 Å². The Morgan fingerprint density at radius 1 is 0.935 bits per heavy atom. The van der Waals surface area contributed by atoms with Crippen molar-refractivity contribution in [3.63, 3.8) is 0 Å². The molecule has 0 fully saturated rings. The first-order chi connectivity index (χ1) is 14.7. The van der Waals surface area contributed by atoms with Gasteiger partial charge in [-0.05, 0) is 77.4 Å². The lowest BCUT2D eigenvalue weighted by Crippen LogP contribution is -2.16. The van der Waals surface area contributed by atoms with Crippen LogP contribution in [0.4, 0.5) is 8.78 Å². The molecule has 0 atom stereocenters. The molecule has 0 bridgehead atoms. The van der Waals surface area contributed by atoms with Crippen molar-refractivity contribution in [1.82, 2.24) is 4.90 Å². The molecular formula is C26H25F2NO2. The lowest BCUT2D eigenvalue weighted by atomic mass is 9.84. The molecule has 0 unspecified atom stereocenters. The largest absolute Gasteiger partial charge is 0.481 e. The third kappa shape index (κ3) is 4.10. The second kappa shape index (κ2) is 8.23. The van der Waals surface area contributed by atoms with Gasteiger partial charge in [-0.2, -0.15) is 0 Å². The van der Waals surface area contributed by atoms with Crippen molar-refractivity contribution < 1.29 is 18.7 Å². The van der Waals surface area contributed by atoms with Crippen LogP contribution in [0.3, 0.4) is 0 Å². The van der Waals surface area contributed by atoms with Gasteiger partial charge in [-0.25, -0.2) is 8.78 Å². The zero-order chi connectivity index (χ0) is 22.3. The summed E-state index contributed by atoms with van der Waals surface area (Å²) >= 11 is 0. The van der Waals surface area contributed by atoms with Crippen molar-refractivity contribution in [3.8, 4) is 11.1 Å². The Morgan fingerprint density at radius 3 is 2.19 bits per heavy atom. The van der Waals surface area contributed by atoms with E-state index in [1.165, 1.54) is 11.6 Å². The third-order valence-electron chi connectivity index (χ3n) is 6.22. The number of hydrogen-bond acceptors (Lipinski definition) is 2. The summed E-state index contributed by atoms with van der Waals surface area (Å²) in [5.74, 6) is -2.54. The standard InChI is InChI=1S/C26H25F2NO2/c1-15-4-7-19(8-5-15)26-17(3)22-14-29(12-18-6-9-23(27)24(28)10-18)13-21(22)16(2)20(26)11-25(30)31/h4-10H,11-14H2,1-3H3,(H,30,31). The van der Waals surface area contributed by atoms with E-state index in [1.807, 2.05) is 38.1 Å². The molecule has 0 saturated heterocycles. The normalized spacial score (nSPS) is 13.5. The molecule has 1 heterocycles. The fraction of sp³-hybridized carbons (Fsp3) is 0.269. The number of carboxylic acid groups (broad SMARTS) is 1. The van der Waals surface area contributed by atoms with Crippen LogP contribution in [0.25, 0.3) is 11.1 Å². The number of aryl methyl sites for hydroxylation is 1. The number of benzene rings is 3. The van der Waals surface area contributed by atoms with Gasteiger partial charge in [-0.15, -0.1) is 0 Å². The van der Waals surface area contributed by atoms with Gasteiger partial charge in [0.25, 0.3) is 0 Å². The van der Waals surface area contributed by atoms with Crippen molar-refractivity contribution in [1.29, 1.82) is 0 Å². The van der Waals surface area contributed by atoms with Crippen molar-refractivity contribution in [2.24, 2.45) is 0 Å². The summed E-state index contributed by atoms with van der Waals surface area (Å²) in [5, 5.41) is 9.56. The van der Waals surface area contributed by atoms with E-state index in [0.29, 0.717) is 25.2 Å². The zero-order valence-corrected chi connectivity index (χ0v) is 17.9. The highest BCUT2D eigenvalue weighted by Gasteiger charge is 2.28. The average Bonchev–Trinajstić information content (AvgIpc) is 3.14. The minimum absolute atomic E-state index is 0.0354. The number of carbonyl (C=O) groups is 1. The van der Waals surface area contributed by atoms with Crippen molar-refractivity contribution >= 4 is 5.97 Å². The summed E-state index contributed by atoms with van der Waals surface area (Å²) in [7, 11) is 0. The lowest BCUT2D eigenvalue weighted by molar-refractivity contribution is -0.136. The van der Waals surface area contributed by atoms with Crippen molar-refractivity contribution in [2.45, 2.75) is 46.8 Å². The van der Waals surface area contributed by atoms with Gasteiger partial charge in [0.2, 0.25) is 0 Å². The van der Waals surface area contributed by atoms with Crippen LogP contribution < -0.4 is 0 Å². The molecule has 4 rings (SSSR count). The van der Waals surface area contributed by atoms with Gasteiger partial charge in [0.15, 0.2) is 11.6 Å². The van der Waals surface area contributed by atoms with Gasteiger partial charge < -0.3 is 5.11 Å². The summed E-state index contributed by atoms with van der Waals surface area (Å²) in [5.41, 5.74) is 9.17. The maximum atomic E-state index is 13.6. The molecule has 0 aliphatic carbocycles. The van der Waals surface area contributed by atoms with Crippen LogP contribution in [0.15, 0.2) is 42.5 Å². The SMILES string of the molecule is Cc1ccc(-c2c(C)c3c(c(C)c2CC(=O)O)CN(Cc2ccc(F)c(F)c2)C3)cc1. The van der Waals surface area contributed by atoms with Gasteiger partial charge in [0.05, 0.1) is 6.42 Å². The van der Waals surface area contributed by atoms with E-state index >= 15 is 0 Å². The molecule has 3 aromatic rings. The highest BCUT2D eigenvalue weighted by Crippen LogP contribution is 2.40. The molecule has 160 valence electrons. The molecule has 0 aromatic heterocycles. The molecule has 0 amide bonds. The number of halogens is 2. The van der Waals surface area contributed by atoms with Gasteiger partial charge in [0, 0.05) is 19.6 Å². The van der Waals surface area contributed by atoms with E-state index in [4.69, 9.17) is 0 Å². The predicted octanol–water partition coefficient (Wildman–Crippen LogP) is 5.70. The average molecular weight is 421 g/mol. The minimum atomic E-state index is -0.854. The number of carboxylic acids is 1. The molecule has 31 heavy (non-hydrogen) atoms. The monoisotopic (exact) mass is 421 g/mol. The molecule has 5 heteroatoms. The highest BCUT2D eigenvalue weighted by atomic mass is 19.2. The van der Waals surface area contributed by atoms with Crippen LogP contribution in [0.1, 0.15) is 38.9 Å². The van der Waals surface area contributed by atoms with E-state index in [2.05, 4.69) is 11.8 Å². The predicted molar refractivity (Wildman–Crippen MR) is 117 cm³/mol. The summed E-state index contributed by atoms with van der Waals surface area (Å²) in [6.07, 6.45) is -0.0354. The first-order valence-electron chi connectivity index (χ1n) is 10.3. The van der Waals surface area contributed by atoms with E-state index in [9.17, 15) is 18.7 Å². The summed E-state index contributed by atoms with van der Waals surface area (Å²) in [6, 6.07) is 12.2. The summed E-state index contributed by atoms with van der Waals surface area (Å²) in [4.78, 5) is 13.8. The van der Waals surface area contributed by atoms with Crippen LogP contribution >= 0.6 is 0 Å². The number of rotatable bonds is 5. The van der Waals surface area contributed by atoms with Crippen LogP contribution in [0, 0.1) is 32.4 Å². The van der Waals surface area contributed by atoms with Gasteiger partial charge in [-0.1, -0.05) is 35.9 Å². The van der Waals surface area contributed by atoms with Crippen LogP contribution in [-0.4, -0.2) is 16.0 Å². The summed E-state index contributed by atoms with van der Waals surface area (Å²) in [6.45, 7) is 7.92. The fourth-order valence-electron chi connectivity index (χ4n) is 4.62. The molecule has 0 radical (unpaired) electrons. The highest BCUT2D eigenvalue weighted by molar-refractivity contribution is 5.81. The Labute approximate surface area is 181 Å². The molecule has 3 aromatic carbocycles. The smallest absolute Gasteiger partial charge is 0.307 e. The molecule has 1 aliphatic rings. The second-order valence-corrected chi connectivity index (χ2v) is 8.39. The Balaban J connectivity index is 1.75. The molecule has 1 aliphatic heterocycles. The second-order valence-electron chi connectivity index (χ2n) is 8.39. The van der Waals surface area contributed by atoms with E-state index in [-0.39, 0.29) is 6.42 Å². The number of aliphatic carboxylic acids is 1. The van der Waals surface area contributed by atoms with Gasteiger partial charge >= 0.3 is 5.97 Å². The molecular weight excluding hydrogens is 396 g/mol. The quantitative estimate of drug-likeness (QED) is 0.575. The minimum Gasteiger partial charge on any atom is -0.481 e. The molecule has 0 spiro atoms. The Hall–Kier alpha value is -3.05. The summed E-state index contributed by atoms with van der Waals surface area (Å²) < 4.78 is 26.9. The third-order valence-corrected chi connectivity index (χ3v) is 6.22. The van der Waals surface area contributed by atoms with E-state index in [1.54, 1.807) is 6.07 Å². The lowest BCUT2D eigenvalue weighted by Gasteiger charge is -2.20. The zero-order valence-electron chi connectivity index (χ0n) is 17.9. The van der Waals surface area contributed by atoms with Gasteiger partial charge in [-0.3, -0.25) is 9.69 Å². The maximum Gasteiger partial charge on any atom is 0.307 e. The first kappa shape index (κ1) is 21.2. The molecule has 3 nitrogen and oxygen atoms in total. The Bertz CT molecular complexity index is 1170. The van der Waals surface area contributed by atoms with Crippen LogP contribution in [0.5, 0.6) is 0 Å². The Morgan fingerprint density at radius 2 is 1.58 bits per heavy atom. The molecule has 1 N–H and O–H groups in total. The first-order valence-corrected chi connectivity index (χ1v) is 10.3. The van der Waals surface area contributed by atoms with Crippen molar-refractivity contribution in [2.75, 3.05) is 0 Å². The number of fused-ring (bicyclic) bond motifs is 1. The maximum absolute atomic E-state index is 13.6. The Kier molecular flexibility index (Phi) is 5.63. The van der Waals surface area contributed by atoms with Crippen LogP contribution in [0.2, 0.25) is 0 Å². The number of nitrogens with zero attached hydrogens (tertiary/aromatic N) is 1. The topological polar surface area (TPSA) is 40.5 Å². The van der Waals surface area contributed by atoms with Crippen molar-refractivity contribution in [3.05, 3.63) is 93.0 Å². The van der Waals surface area contributed by atoms with Gasteiger partial charge in [0.1, 0.15) is 0 Å². The molecule has 0 saturated carbocycles. The number of hydrogen-bond donors (Lipinski definition) is 1. The van der Waals surface area contributed by atoms with E-state index < -0.39 is 17.6 Å². The van der Waals surface area contributed by atoms with E-state index in [0.717, 1.165) is 45.0 Å². The fourth-order valence-corrected chi connectivity index (χ4v) is 4.62.